The van der Waals surface area contributed by atoms with Gasteiger partial charge in [-0.2, -0.15) is 0 Å². The van der Waals surface area contributed by atoms with Gasteiger partial charge in [0.2, 0.25) is 0 Å². The van der Waals surface area contributed by atoms with Gasteiger partial charge in [-0.1, -0.05) is 33.3 Å². The van der Waals surface area contributed by atoms with Crippen LogP contribution in [0.25, 0.3) is 0 Å². The van der Waals surface area contributed by atoms with Crippen LogP contribution in [0.15, 0.2) is 34.9 Å². The van der Waals surface area contributed by atoms with E-state index in [2.05, 4.69) is 31.6 Å². The molecule has 2 aromatic rings. The van der Waals surface area contributed by atoms with Crippen LogP contribution in [-0.4, -0.2) is 26.1 Å². The highest BCUT2D eigenvalue weighted by molar-refractivity contribution is 9.10. The molecule has 0 spiro atoms. The second-order valence-electron chi connectivity index (χ2n) is 4.51. The van der Waals surface area contributed by atoms with Crippen molar-refractivity contribution >= 4 is 15.9 Å². The Balaban J connectivity index is 1.94. The third-order valence-electron chi connectivity index (χ3n) is 3.10. The van der Waals surface area contributed by atoms with Crippen molar-refractivity contribution in [1.29, 1.82) is 0 Å². The molecule has 102 valence electrons. The zero-order valence-corrected chi connectivity index (χ0v) is 12.5. The summed E-state index contributed by atoms with van der Waals surface area (Å²) in [6.07, 6.45) is 1.17. The van der Waals surface area contributed by atoms with Gasteiger partial charge < -0.3 is 10.4 Å². The van der Waals surface area contributed by atoms with Crippen LogP contribution in [0.1, 0.15) is 24.3 Å². The number of benzene rings is 1. The number of aliphatic hydroxyl groups excluding tert-OH is 1. The second kappa shape index (κ2) is 6.27. The van der Waals surface area contributed by atoms with E-state index in [9.17, 15) is 5.11 Å². The summed E-state index contributed by atoms with van der Waals surface area (Å²) < 4.78 is 2.72. The third kappa shape index (κ3) is 3.62. The van der Waals surface area contributed by atoms with Crippen LogP contribution in [0.4, 0.5) is 0 Å². The Morgan fingerprint density at radius 1 is 1.37 bits per heavy atom. The molecule has 0 bridgehead atoms. The van der Waals surface area contributed by atoms with E-state index in [1.807, 2.05) is 38.2 Å². The minimum absolute atomic E-state index is 0.0592. The van der Waals surface area contributed by atoms with Crippen molar-refractivity contribution in [3.05, 3.63) is 46.2 Å². The number of nitrogens with one attached hydrogen (secondary N) is 1. The number of hydrogen-bond donors (Lipinski definition) is 2. The van der Waals surface area contributed by atoms with Crippen molar-refractivity contribution < 1.29 is 5.11 Å². The van der Waals surface area contributed by atoms with E-state index in [0.717, 1.165) is 15.7 Å². The molecule has 0 fully saturated rings. The lowest BCUT2D eigenvalue weighted by atomic mass is 10.0. The number of aromatic nitrogens is 3. The van der Waals surface area contributed by atoms with Gasteiger partial charge in [0, 0.05) is 24.1 Å². The molecule has 2 unspecified atom stereocenters. The van der Waals surface area contributed by atoms with Crippen LogP contribution in [0.3, 0.4) is 0 Å². The molecule has 1 aromatic heterocycles. The first-order chi connectivity index (χ1) is 9.08. The maximum Gasteiger partial charge on any atom is 0.0940 e. The molecule has 0 saturated carbocycles. The summed E-state index contributed by atoms with van der Waals surface area (Å²) in [5.74, 6) is 0. The van der Waals surface area contributed by atoms with Gasteiger partial charge >= 0.3 is 0 Å². The molecule has 2 rings (SSSR count). The maximum atomic E-state index is 10.3. The molecule has 0 radical (unpaired) electrons. The summed E-state index contributed by atoms with van der Waals surface area (Å²) in [7, 11) is 1.85. The van der Waals surface area contributed by atoms with E-state index >= 15 is 0 Å². The van der Waals surface area contributed by atoms with Crippen LogP contribution in [-0.2, 0) is 13.6 Å². The normalized spacial score (nSPS) is 14.3. The Kier molecular flexibility index (Phi) is 4.68. The van der Waals surface area contributed by atoms with Gasteiger partial charge in [0.05, 0.1) is 18.0 Å². The lowest BCUT2D eigenvalue weighted by molar-refractivity contribution is 0.135. The van der Waals surface area contributed by atoms with Gasteiger partial charge in [0.25, 0.3) is 0 Å². The highest BCUT2D eigenvalue weighted by atomic mass is 79.9. The Hall–Kier alpha value is -1.24. The molecule has 0 aliphatic carbocycles. The van der Waals surface area contributed by atoms with Gasteiger partial charge in [0.15, 0.2) is 0 Å². The number of rotatable bonds is 5. The van der Waals surface area contributed by atoms with E-state index in [1.165, 1.54) is 0 Å². The standard InChI is InChI=1S/C13H17BrN4O/c1-9(15-7-12-8-16-17-18(12)2)13(19)10-3-5-11(14)6-4-10/h3-6,8-9,13,15,19H,7H2,1-2H3. The first-order valence-electron chi connectivity index (χ1n) is 6.08. The number of nitrogens with zero attached hydrogens (tertiary/aromatic N) is 3. The maximum absolute atomic E-state index is 10.3. The number of aryl methyl sites for hydroxylation is 1. The second-order valence-corrected chi connectivity index (χ2v) is 5.43. The van der Waals surface area contributed by atoms with Crippen molar-refractivity contribution in [2.24, 2.45) is 7.05 Å². The van der Waals surface area contributed by atoms with E-state index < -0.39 is 6.10 Å². The summed E-state index contributed by atoms with van der Waals surface area (Å²) >= 11 is 3.38. The summed E-state index contributed by atoms with van der Waals surface area (Å²) in [6.45, 7) is 2.58. The zero-order valence-electron chi connectivity index (χ0n) is 10.9. The molecule has 1 aromatic carbocycles. The van der Waals surface area contributed by atoms with Gasteiger partial charge in [0.1, 0.15) is 0 Å². The fourth-order valence-corrected chi connectivity index (χ4v) is 2.06. The quantitative estimate of drug-likeness (QED) is 0.880. The molecule has 0 amide bonds. The molecular weight excluding hydrogens is 308 g/mol. The van der Waals surface area contributed by atoms with E-state index in [-0.39, 0.29) is 6.04 Å². The predicted octanol–water partition coefficient (Wildman–Crippen LogP) is 1.79. The molecule has 5 nitrogen and oxygen atoms in total. The van der Waals surface area contributed by atoms with Crippen LogP contribution < -0.4 is 5.32 Å². The molecule has 19 heavy (non-hydrogen) atoms. The molecule has 2 N–H and O–H groups in total. The van der Waals surface area contributed by atoms with E-state index in [0.29, 0.717) is 6.54 Å². The number of halogens is 1. The molecule has 0 aliphatic rings. The number of hydrogen-bond acceptors (Lipinski definition) is 4. The van der Waals surface area contributed by atoms with Crippen molar-refractivity contribution in [3.63, 3.8) is 0 Å². The van der Waals surface area contributed by atoms with Gasteiger partial charge in [-0.05, 0) is 24.6 Å². The molecule has 6 heteroatoms. The Bertz CT molecular complexity index is 526. The zero-order chi connectivity index (χ0) is 13.8. The fourth-order valence-electron chi connectivity index (χ4n) is 1.80. The summed E-state index contributed by atoms with van der Waals surface area (Å²) in [5.41, 5.74) is 1.88. The van der Waals surface area contributed by atoms with Crippen LogP contribution >= 0.6 is 15.9 Å². The van der Waals surface area contributed by atoms with Crippen molar-refractivity contribution in [2.45, 2.75) is 25.6 Å². The van der Waals surface area contributed by atoms with Gasteiger partial charge in [-0.3, -0.25) is 4.68 Å². The number of aliphatic hydroxyl groups is 1. The van der Waals surface area contributed by atoms with Crippen molar-refractivity contribution in [1.82, 2.24) is 20.3 Å². The average Bonchev–Trinajstić information content (AvgIpc) is 2.81. The lowest BCUT2D eigenvalue weighted by Gasteiger charge is -2.20. The fraction of sp³-hybridized carbons (Fsp3) is 0.385. The van der Waals surface area contributed by atoms with Gasteiger partial charge in [-0.25, -0.2) is 0 Å². The van der Waals surface area contributed by atoms with Crippen LogP contribution in [0, 0.1) is 0 Å². The average molecular weight is 325 g/mol. The first-order valence-corrected chi connectivity index (χ1v) is 6.87. The Morgan fingerprint density at radius 2 is 2.05 bits per heavy atom. The largest absolute Gasteiger partial charge is 0.387 e. The lowest BCUT2D eigenvalue weighted by Crippen LogP contribution is -2.32. The highest BCUT2D eigenvalue weighted by Gasteiger charge is 2.16. The van der Waals surface area contributed by atoms with Crippen LogP contribution in [0.2, 0.25) is 0 Å². The topological polar surface area (TPSA) is 63.0 Å². The highest BCUT2D eigenvalue weighted by Crippen LogP contribution is 2.19. The van der Waals surface area contributed by atoms with Crippen molar-refractivity contribution in [3.8, 4) is 0 Å². The minimum Gasteiger partial charge on any atom is -0.387 e. The third-order valence-corrected chi connectivity index (χ3v) is 3.63. The smallest absolute Gasteiger partial charge is 0.0940 e. The molecule has 0 saturated heterocycles. The molecular formula is C13H17BrN4O. The molecule has 0 aliphatic heterocycles. The Morgan fingerprint density at radius 3 is 2.63 bits per heavy atom. The minimum atomic E-state index is -0.547. The predicted molar refractivity (Wildman–Crippen MR) is 76.4 cm³/mol. The van der Waals surface area contributed by atoms with E-state index in [1.54, 1.807) is 10.9 Å². The monoisotopic (exact) mass is 324 g/mol. The summed E-state index contributed by atoms with van der Waals surface area (Å²) in [6, 6.07) is 7.63. The Labute approximate surface area is 120 Å². The first kappa shape index (κ1) is 14.2. The summed E-state index contributed by atoms with van der Waals surface area (Å²) in [4.78, 5) is 0. The molecule has 1 heterocycles. The van der Waals surface area contributed by atoms with E-state index in [4.69, 9.17) is 0 Å². The SMILES string of the molecule is CC(NCc1cnnn1C)C(O)c1ccc(Br)cc1. The summed E-state index contributed by atoms with van der Waals surface area (Å²) in [5, 5.41) is 21.2. The van der Waals surface area contributed by atoms with Crippen LogP contribution in [0.5, 0.6) is 0 Å². The van der Waals surface area contributed by atoms with Gasteiger partial charge in [-0.15, -0.1) is 5.10 Å². The van der Waals surface area contributed by atoms with Crippen molar-refractivity contribution in [2.75, 3.05) is 0 Å². The molecule has 2 atom stereocenters.